The predicted molar refractivity (Wildman–Crippen MR) is 46.9 cm³/mol. The van der Waals surface area contributed by atoms with Gasteiger partial charge >= 0.3 is 15.2 Å². The van der Waals surface area contributed by atoms with Gasteiger partial charge in [0.25, 0.3) is 0 Å². The molecule has 4 N–H and O–H groups in total. The molecule has 1 aliphatic heterocycles. The van der Waals surface area contributed by atoms with Gasteiger partial charge in [-0.25, -0.2) is 0 Å². The van der Waals surface area contributed by atoms with Gasteiger partial charge in [0.15, 0.2) is 5.85 Å². The molecule has 0 aliphatic carbocycles. The smallest absolute Gasteiger partial charge is 0.355 e. The molecule has 0 radical (unpaired) electrons. The van der Waals surface area contributed by atoms with E-state index in [2.05, 4.69) is 0 Å². The maximum absolute atomic E-state index is 10.9. The van der Waals surface area contributed by atoms with Gasteiger partial charge in [-0.05, 0) is 12.8 Å². The van der Waals surface area contributed by atoms with Gasteiger partial charge in [-0.15, -0.1) is 0 Å². The van der Waals surface area contributed by atoms with Gasteiger partial charge in [0.1, 0.15) is 0 Å². The maximum Gasteiger partial charge on any atom is 0.355 e. The van der Waals surface area contributed by atoms with Crippen molar-refractivity contribution in [2.24, 2.45) is 0 Å². The highest BCUT2D eigenvalue weighted by molar-refractivity contribution is 7.57. The highest BCUT2D eigenvalue weighted by atomic mass is 31.2. The average Bonchev–Trinajstić information content (AvgIpc) is 2.01. The lowest BCUT2D eigenvalue weighted by molar-refractivity contribution is 0.0462. The first kappa shape index (κ1) is 12.3. The topological polar surface area (TPSA) is 124 Å². The number of hydrogen-bond donors (Lipinski definition) is 4. The van der Waals surface area contributed by atoms with Crippen molar-refractivity contribution in [1.82, 2.24) is 0 Å². The van der Waals surface area contributed by atoms with E-state index in [4.69, 9.17) is 24.3 Å². The van der Waals surface area contributed by atoms with E-state index in [0.29, 0.717) is 6.42 Å². The molecular formula is C5H12O7P2. The predicted octanol–water partition coefficient (Wildman–Crippen LogP) is -0.153. The first-order valence-corrected chi connectivity index (χ1v) is 7.31. The highest BCUT2D eigenvalue weighted by Gasteiger charge is 2.47. The lowest BCUT2D eigenvalue weighted by Gasteiger charge is -2.31. The molecule has 0 amide bonds. The lowest BCUT2D eigenvalue weighted by atomic mass is 10.2. The summed E-state index contributed by atoms with van der Waals surface area (Å²) in [6, 6.07) is 0. The van der Waals surface area contributed by atoms with Gasteiger partial charge in [-0.3, -0.25) is 9.13 Å². The molecule has 1 fully saturated rings. The Kier molecular flexibility index (Phi) is 3.54. The molecule has 0 aromatic heterocycles. The van der Waals surface area contributed by atoms with E-state index in [0.717, 1.165) is 0 Å². The maximum atomic E-state index is 10.9. The van der Waals surface area contributed by atoms with E-state index in [9.17, 15) is 9.13 Å². The Morgan fingerprint density at radius 2 is 1.64 bits per heavy atom. The zero-order valence-electron chi connectivity index (χ0n) is 7.18. The Bertz CT molecular complexity index is 260. The molecule has 0 bridgehead atoms. The number of rotatable bonds is 2. The molecule has 1 heterocycles. The zero-order chi connectivity index (χ0) is 11.0. The summed E-state index contributed by atoms with van der Waals surface area (Å²) in [6.07, 6.45) is 0.465. The van der Waals surface area contributed by atoms with E-state index in [-0.39, 0.29) is 13.0 Å². The fraction of sp³-hybridized carbons (Fsp3) is 1.00. The summed E-state index contributed by atoms with van der Waals surface area (Å²) in [6.45, 7) is 0.117. The summed E-state index contributed by atoms with van der Waals surface area (Å²) in [5.41, 5.74) is -1.39. The van der Waals surface area contributed by atoms with Gasteiger partial charge in [-0.1, -0.05) is 0 Å². The summed E-state index contributed by atoms with van der Waals surface area (Å²) in [7, 11) is -9.12. The van der Waals surface area contributed by atoms with Crippen LogP contribution in [0.4, 0.5) is 0 Å². The highest BCUT2D eigenvalue weighted by Crippen LogP contribution is 2.57. The van der Waals surface area contributed by atoms with Crippen molar-refractivity contribution in [3.63, 3.8) is 0 Å². The Balaban J connectivity index is 2.91. The molecule has 1 aliphatic rings. The van der Waals surface area contributed by atoms with Crippen molar-refractivity contribution >= 4 is 15.2 Å². The minimum atomic E-state index is -4.61. The van der Waals surface area contributed by atoms with Crippen LogP contribution in [0.15, 0.2) is 0 Å². The molecule has 14 heavy (non-hydrogen) atoms. The molecule has 7 nitrogen and oxygen atoms in total. The SMILES string of the molecule is O=P(O)(O)C1CCCOC1P(=O)(O)O. The molecule has 0 aromatic carbocycles. The largest absolute Gasteiger partial charge is 0.365 e. The second-order valence-corrected chi connectivity index (χ2v) is 6.68. The van der Waals surface area contributed by atoms with E-state index in [1.54, 1.807) is 0 Å². The molecule has 2 atom stereocenters. The van der Waals surface area contributed by atoms with E-state index < -0.39 is 26.7 Å². The molecule has 2 unspecified atom stereocenters. The first-order valence-electron chi connectivity index (χ1n) is 3.95. The minimum Gasteiger partial charge on any atom is -0.365 e. The summed E-state index contributed by atoms with van der Waals surface area (Å²) in [4.78, 5) is 35.4. The lowest BCUT2D eigenvalue weighted by Crippen LogP contribution is -2.33. The minimum absolute atomic E-state index is 0.0695. The summed E-state index contributed by atoms with van der Waals surface area (Å²) >= 11 is 0. The summed E-state index contributed by atoms with van der Waals surface area (Å²) in [5, 5.41) is 0. The van der Waals surface area contributed by atoms with Gasteiger partial charge in [0, 0.05) is 6.61 Å². The van der Waals surface area contributed by atoms with Crippen molar-refractivity contribution in [1.29, 1.82) is 0 Å². The molecule has 1 rings (SSSR count). The Morgan fingerprint density at radius 1 is 1.07 bits per heavy atom. The third-order valence-electron chi connectivity index (χ3n) is 2.03. The van der Waals surface area contributed by atoms with Crippen LogP contribution in [0.3, 0.4) is 0 Å². The molecule has 0 aromatic rings. The van der Waals surface area contributed by atoms with E-state index in [1.165, 1.54) is 0 Å². The standard InChI is InChI=1S/C5H12O7P2/c6-13(7,8)4-2-1-3-12-5(4)14(9,10)11/h4-5H,1-3H2,(H2,6,7,8)(H2,9,10,11). The monoisotopic (exact) mass is 246 g/mol. The van der Waals surface area contributed by atoms with Crippen molar-refractivity contribution < 1.29 is 33.4 Å². The van der Waals surface area contributed by atoms with Crippen LogP contribution in [-0.2, 0) is 13.9 Å². The Hall–Kier alpha value is 0.260. The summed E-state index contributed by atoms with van der Waals surface area (Å²) in [5.74, 6) is -1.67. The normalized spacial score (nSPS) is 30.3. The van der Waals surface area contributed by atoms with Gasteiger partial charge in [-0.2, -0.15) is 0 Å². The number of ether oxygens (including phenoxy) is 1. The van der Waals surface area contributed by atoms with Crippen LogP contribution < -0.4 is 0 Å². The molecular weight excluding hydrogens is 234 g/mol. The molecule has 84 valence electrons. The van der Waals surface area contributed by atoms with E-state index in [1.807, 2.05) is 0 Å². The van der Waals surface area contributed by atoms with Crippen LogP contribution in [-0.4, -0.2) is 37.7 Å². The Morgan fingerprint density at radius 3 is 2.00 bits per heavy atom. The van der Waals surface area contributed by atoms with Gasteiger partial charge in [0.2, 0.25) is 0 Å². The van der Waals surface area contributed by atoms with Crippen molar-refractivity contribution in [2.45, 2.75) is 24.3 Å². The fourth-order valence-electron chi connectivity index (χ4n) is 1.41. The van der Waals surface area contributed by atoms with Crippen LogP contribution in [0.1, 0.15) is 12.8 Å². The second-order valence-electron chi connectivity index (χ2n) is 3.15. The quantitative estimate of drug-likeness (QED) is 0.499. The second kappa shape index (κ2) is 4.02. The zero-order valence-corrected chi connectivity index (χ0v) is 8.97. The molecule has 9 heteroatoms. The molecule has 1 saturated heterocycles. The summed E-state index contributed by atoms with van der Waals surface area (Å²) < 4.78 is 26.5. The van der Waals surface area contributed by atoms with Crippen LogP contribution in [0.2, 0.25) is 0 Å². The van der Waals surface area contributed by atoms with Crippen molar-refractivity contribution in [3.05, 3.63) is 0 Å². The third kappa shape index (κ3) is 2.87. The van der Waals surface area contributed by atoms with Gasteiger partial charge in [0.05, 0.1) is 5.66 Å². The average molecular weight is 246 g/mol. The number of hydrogen-bond acceptors (Lipinski definition) is 3. The van der Waals surface area contributed by atoms with Crippen molar-refractivity contribution in [3.8, 4) is 0 Å². The van der Waals surface area contributed by atoms with Crippen LogP contribution >= 0.6 is 15.2 Å². The van der Waals surface area contributed by atoms with Crippen LogP contribution in [0, 0.1) is 0 Å². The first-order chi connectivity index (χ1) is 6.23. The van der Waals surface area contributed by atoms with Gasteiger partial charge < -0.3 is 24.3 Å². The van der Waals surface area contributed by atoms with Crippen LogP contribution in [0.25, 0.3) is 0 Å². The molecule has 0 saturated carbocycles. The molecule has 0 spiro atoms. The third-order valence-corrected chi connectivity index (χ3v) is 4.83. The van der Waals surface area contributed by atoms with E-state index >= 15 is 0 Å². The fourth-order valence-corrected chi connectivity index (χ4v) is 4.28. The Labute approximate surface area is 80.4 Å². The van der Waals surface area contributed by atoms with Crippen molar-refractivity contribution in [2.75, 3.05) is 6.61 Å². The van der Waals surface area contributed by atoms with Crippen LogP contribution in [0.5, 0.6) is 0 Å².